The molecule has 15 nitrogen and oxygen atoms in total. The molecule has 2 aromatic rings. The van der Waals surface area contributed by atoms with Gasteiger partial charge in [-0.3, -0.25) is 24.0 Å². The van der Waals surface area contributed by atoms with E-state index in [-0.39, 0.29) is 56.5 Å². The van der Waals surface area contributed by atoms with Crippen molar-refractivity contribution in [3.05, 3.63) is 35.5 Å². The second-order valence-corrected chi connectivity index (χ2v) is 16.2. The number of piperazine rings is 1. The number of hydrogen-bond donors (Lipinski definition) is 2. The highest BCUT2D eigenvalue weighted by atomic mass is 19.3. The summed E-state index contributed by atoms with van der Waals surface area (Å²) in [5, 5.41) is 5.96. The van der Waals surface area contributed by atoms with E-state index < -0.39 is 73.3 Å². The van der Waals surface area contributed by atoms with Gasteiger partial charge >= 0.3 is 12.1 Å². The minimum Gasteiger partial charge on any atom is -0.483 e. The monoisotopic (exact) mass is 826 g/mol. The highest BCUT2D eigenvalue weighted by Crippen LogP contribution is 2.34. The molecule has 3 heterocycles. The first-order chi connectivity index (χ1) is 28.3. The number of pyridine rings is 1. The van der Waals surface area contributed by atoms with E-state index in [1.54, 1.807) is 18.2 Å². The van der Waals surface area contributed by atoms with Gasteiger partial charge in [-0.2, -0.15) is 0 Å². The summed E-state index contributed by atoms with van der Waals surface area (Å²) in [6, 6.07) is 3.88. The van der Waals surface area contributed by atoms with Crippen molar-refractivity contribution in [3.63, 3.8) is 0 Å². The molecule has 2 saturated heterocycles. The number of rotatable bonds is 16. The number of halogens is 2. The predicted molar refractivity (Wildman–Crippen MR) is 211 cm³/mol. The average Bonchev–Trinajstić information content (AvgIpc) is 3.85. The number of ether oxygens (including phenoxy) is 3. The first-order valence-corrected chi connectivity index (χ1v) is 21.0. The van der Waals surface area contributed by atoms with Gasteiger partial charge in [0.05, 0.1) is 25.3 Å². The summed E-state index contributed by atoms with van der Waals surface area (Å²) in [6.45, 7) is 3.64. The average molecular weight is 827 g/mol. The number of fused-ring (bicyclic) bond motifs is 1. The lowest BCUT2D eigenvalue weighted by molar-refractivity contribution is -0.145. The number of carbonyl (C=O) groups is 6. The molecule has 2 aliphatic carbocycles. The Morgan fingerprint density at radius 3 is 2.37 bits per heavy atom. The summed E-state index contributed by atoms with van der Waals surface area (Å²) < 4.78 is 46.0. The van der Waals surface area contributed by atoms with Gasteiger partial charge in [-0.1, -0.05) is 32.3 Å². The van der Waals surface area contributed by atoms with Crippen LogP contribution in [-0.2, 0) is 28.7 Å². The second kappa shape index (κ2) is 19.8. The van der Waals surface area contributed by atoms with Gasteiger partial charge in [0.1, 0.15) is 23.5 Å². The Morgan fingerprint density at radius 2 is 1.68 bits per heavy atom. The number of amides is 5. The van der Waals surface area contributed by atoms with Crippen molar-refractivity contribution >= 4 is 46.6 Å². The number of aromatic nitrogens is 1. The lowest BCUT2D eigenvalue weighted by Gasteiger charge is -2.36. The number of carbonyl (C=O) groups excluding carboxylic acids is 6. The van der Waals surface area contributed by atoms with Gasteiger partial charge in [-0.05, 0) is 75.5 Å². The summed E-state index contributed by atoms with van der Waals surface area (Å²) in [5.74, 6) is -6.01. The summed E-state index contributed by atoms with van der Waals surface area (Å²) >= 11 is 0. The maximum absolute atomic E-state index is 14.6. The van der Waals surface area contributed by atoms with E-state index in [0.29, 0.717) is 30.0 Å². The van der Waals surface area contributed by atoms with Gasteiger partial charge in [-0.15, -0.1) is 0 Å². The first-order valence-electron chi connectivity index (χ1n) is 21.0. The Labute approximate surface area is 342 Å². The number of alkyl halides is 2. The van der Waals surface area contributed by atoms with Gasteiger partial charge in [0.2, 0.25) is 11.8 Å². The number of benzene rings is 1. The zero-order valence-electron chi connectivity index (χ0n) is 34.0. The van der Waals surface area contributed by atoms with E-state index in [9.17, 15) is 37.5 Å². The molecule has 17 heteroatoms. The van der Waals surface area contributed by atoms with Crippen LogP contribution in [0.25, 0.3) is 10.9 Å². The number of hydrogen-bond acceptors (Lipinski definition) is 10. The zero-order chi connectivity index (χ0) is 42.1. The molecule has 2 saturated carbocycles. The van der Waals surface area contributed by atoms with Crippen LogP contribution in [0.3, 0.4) is 0 Å². The van der Waals surface area contributed by atoms with Gasteiger partial charge in [-0.25, -0.2) is 18.6 Å². The molecule has 0 spiro atoms. The molecule has 2 aliphatic heterocycles. The third-order valence-corrected chi connectivity index (χ3v) is 11.6. The molecule has 1 aromatic carbocycles. The lowest BCUT2D eigenvalue weighted by Crippen LogP contribution is -2.56. The molecule has 2 atom stereocenters. The van der Waals surface area contributed by atoms with Gasteiger partial charge in [0, 0.05) is 56.5 Å². The minimum atomic E-state index is -3.25. The molecule has 1 aromatic heterocycles. The number of nitrogens with one attached hydrogen (secondary N) is 2. The third-order valence-electron chi connectivity index (χ3n) is 11.6. The van der Waals surface area contributed by atoms with Crippen molar-refractivity contribution in [2.75, 3.05) is 52.5 Å². The maximum atomic E-state index is 14.6. The van der Waals surface area contributed by atoms with Gasteiger partial charge < -0.3 is 39.5 Å². The Balaban J connectivity index is 1.16. The highest BCUT2D eigenvalue weighted by molar-refractivity contribution is 5.99. The number of aryl methyl sites for hydroxylation is 1. The Hall–Kier alpha value is -5.09. The molecule has 6 rings (SSSR count). The summed E-state index contributed by atoms with van der Waals surface area (Å²) in [5.41, 5.74) is 0.991. The molecular weight excluding hydrogens is 770 g/mol. The quantitative estimate of drug-likeness (QED) is 0.181. The van der Waals surface area contributed by atoms with Crippen LogP contribution < -0.4 is 15.4 Å². The van der Waals surface area contributed by atoms with E-state index in [0.717, 1.165) is 68.3 Å². The van der Waals surface area contributed by atoms with Gasteiger partial charge in [0.15, 0.2) is 6.61 Å². The maximum Gasteiger partial charge on any atom is 0.409 e. The van der Waals surface area contributed by atoms with Crippen molar-refractivity contribution < 1.29 is 51.8 Å². The number of unbranched alkanes of at least 4 members (excludes halogenated alkanes) is 1. The fourth-order valence-electron chi connectivity index (χ4n) is 7.86. The predicted octanol–water partition coefficient (Wildman–Crippen LogP) is 4.52. The van der Waals surface area contributed by atoms with E-state index in [1.165, 1.54) is 15.9 Å². The largest absolute Gasteiger partial charge is 0.483 e. The van der Waals surface area contributed by atoms with Crippen LogP contribution in [0, 0.1) is 12.8 Å². The molecule has 59 heavy (non-hydrogen) atoms. The first kappa shape index (κ1) is 43.5. The van der Waals surface area contributed by atoms with Gasteiger partial charge in [0.25, 0.3) is 17.7 Å². The van der Waals surface area contributed by atoms with Crippen LogP contribution >= 0.6 is 0 Å². The van der Waals surface area contributed by atoms with E-state index in [2.05, 4.69) is 15.6 Å². The minimum absolute atomic E-state index is 0.0617. The van der Waals surface area contributed by atoms with Crippen LogP contribution in [0.15, 0.2) is 24.3 Å². The van der Waals surface area contributed by atoms with E-state index >= 15 is 0 Å². The Kier molecular flexibility index (Phi) is 14.6. The highest BCUT2D eigenvalue weighted by Gasteiger charge is 2.50. The molecule has 5 amide bonds. The van der Waals surface area contributed by atoms with Crippen molar-refractivity contribution in [1.82, 2.24) is 30.3 Å². The number of nitrogens with zero attached hydrogens (tertiary/aromatic N) is 4. The third kappa shape index (κ3) is 11.6. The lowest BCUT2D eigenvalue weighted by atomic mass is 9.93. The van der Waals surface area contributed by atoms with E-state index in [4.69, 9.17) is 14.2 Å². The molecule has 4 aliphatic rings. The topological polar surface area (TPSA) is 177 Å². The molecular formula is C42H56F2N6O9. The van der Waals surface area contributed by atoms with Crippen molar-refractivity contribution in [3.8, 4) is 5.75 Å². The summed E-state index contributed by atoms with van der Waals surface area (Å²) in [7, 11) is 0. The number of likely N-dealkylation sites (tertiary alicyclic amines) is 1. The Morgan fingerprint density at radius 1 is 0.949 bits per heavy atom. The number of esters is 1. The van der Waals surface area contributed by atoms with Crippen molar-refractivity contribution in [2.45, 2.75) is 115 Å². The van der Waals surface area contributed by atoms with Crippen molar-refractivity contribution in [2.24, 2.45) is 5.92 Å². The van der Waals surface area contributed by atoms with Crippen molar-refractivity contribution in [1.29, 1.82) is 0 Å². The normalized spacial score (nSPS) is 19.9. The molecule has 4 fully saturated rings. The van der Waals surface area contributed by atoms with E-state index in [1.807, 2.05) is 13.8 Å². The van der Waals surface area contributed by atoms with Crippen LogP contribution in [0.4, 0.5) is 13.6 Å². The van der Waals surface area contributed by atoms with Crippen LogP contribution in [-0.4, -0.2) is 132 Å². The standard InChI is InChI=1S/C42H56F2N6O9/c1-3-4-20-57-41(56)49-18-16-48(17-19-49)40(55)31(14-15-37(52)59-24-28-8-5-6-9-28)47-38(53)33-22-35(30-13-12-27(2)21-32(30)46-33)58-25-36(51)50-26-42(43,44)23-34(50)39(54)45-29-10-7-11-29/h12-13,21-22,28-29,31,34H,3-11,14-20,23-26H2,1-2H3,(H,45,54)(H,47,53). The second-order valence-electron chi connectivity index (χ2n) is 16.2. The fourth-order valence-corrected chi connectivity index (χ4v) is 7.86. The smallest absolute Gasteiger partial charge is 0.409 e. The van der Waals surface area contributed by atoms with Crippen LogP contribution in [0.2, 0.25) is 0 Å². The fraction of sp³-hybridized carbons (Fsp3) is 0.643. The molecule has 2 N–H and O–H groups in total. The molecule has 0 radical (unpaired) electrons. The van der Waals surface area contributed by atoms with Crippen LogP contribution in [0.1, 0.15) is 100 Å². The SMILES string of the molecule is CCCCOC(=O)N1CCN(C(=O)C(CCC(=O)OCC2CCCC2)NC(=O)c2cc(OCC(=O)N3CC(F)(F)CC3C(=O)NC3CCC3)c3ccc(C)cc3n2)CC1. The molecule has 0 bridgehead atoms. The molecule has 322 valence electrons. The zero-order valence-corrected chi connectivity index (χ0v) is 34.0. The van der Waals surface area contributed by atoms with Crippen LogP contribution in [0.5, 0.6) is 5.75 Å². The Bertz CT molecular complexity index is 1860. The summed E-state index contributed by atoms with van der Waals surface area (Å²) in [4.78, 5) is 88.2. The summed E-state index contributed by atoms with van der Waals surface area (Å²) in [6.07, 6.45) is 6.80. The molecule has 2 unspecified atom stereocenters.